The summed E-state index contributed by atoms with van der Waals surface area (Å²) in [4.78, 5) is 16.9. The van der Waals surface area contributed by atoms with E-state index in [0.29, 0.717) is 52.6 Å². The SMILES string of the molecule is [N-]=[N+]=NCCOCCOCCN(CCN)C(=O)OCC1c2ccccc2-c2ccccc21. The maximum atomic E-state index is 12.7. The number of benzene rings is 2. The van der Waals surface area contributed by atoms with Gasteiger partial charge in [-0.15, -0.1) is 0 Å². The molecule has 0 unspecified atom stereocenters. The molecular formula is C23H29N5O4. The van der Waals surface area contributed by atoms with Gasteiger partial charge in [0.05, 0.1) is 26.4 Å². The maximum absolute atomic E-state index is 12.7. The smallest absolute Gasteiger partial charge is 0.409 e. The second kappa shape index (κ2) is 12.7. The quantitative estimate of drug-likeness (QED) is 0.221. The van der Waals surface area contributed by atoms with Gasteiger partial charge in [0.1, 0.15) is 6.61 Å². The highest BCUT2D eigenvalue weighted by molar-refractivity contribution is 5.79. The van der Waals surface area contributed by atoms with Crippen LogP contribution in [0.5, 0.6) is 0 Å². The molecule has 3 rings (SSSR count). The largest absolute Gasteiger partial charge is 0.448 e. The van der Waals surface area contributed by atoms with E-state index in [0.717, 1.165) is 0 Å². The van der Waals surface area contributed by atoms with E-state index in [1.807, 2.05) is 24.3 Å². The Morgan fingerprint density at radius 1 is 0.969 bits per heavy atom. The zero-order chi connectivity index (χ0) is 22.6. The minimum atomic E-state index is -0.397. The highest BCUT2D eigenvalue weighted by Gasteiger charge is 2.29. The van der Waals surface area contributed by atoms with Gasteiger partial charge in [-0.25, -0.2) is 4.79 Å². The van der Waals surface area contributed by atoms with E-state index >= 15 is 0 Å². The normalized spacial score (nSPS) is 12.0. The van der Waals surface area contributed by atoms with Crippen LogP contribution in [0, 0.1) is 0 Å². The summed E-state index contributed by atoms with van der Waals surface area (Å²) in [5.74, 6) is 0.0184. The molecule has 0 aliphatic heterocycles. The fourth-order valence-electron chi connectivity index (χ4n) is 3.78. The Morgan fingerprint density at radius 2 is 1.59 bits per heavy atom. The maximum Gasteiger partial charge on any atom is 0.409 e. The molecule has 170 valence electrons. The van der Waals surface area contributed by atoms with E-state index in [2.05, 4.69) is 34.3 Å². The second-order valence-corrected chi connectivity index (χ2v) is 7.26. The lowest BCUT2D eigenvalue weighted by Crippen LogP contribution is -2.38. The molecule has 0 bridgehead atoms. The molecule has 2 aromatic carbocycles. The Kier molecular flexibility index (Phi) is 9.34. The van der Waals surface area contributed by atoms with Crippen LogP contribution in [-0.4, -0.2) is 70.2 Å². The molecule has 0 saturated carbocycles. The van der Waals surface area contributed by atoms with Gasteiger partial charge in [0.2, 0.25) is 0 Å². The molecule has 0 spiro atoms. The first-order valence-electron chi connectivity index (χ1n) is 10.7. The summed E-state index contributed by atoms with van der Waals surface area (Å²) in [7, 11) is 0. The van der Waals surface area contributed by atoms with Gasteiger partial charge in [0.15, 0.2) is 0 Å². The van der Waals surface area contributed by atoms with Crippen LogP contribution in [0.15, 0.2) is 53.6 Å². The number of ether oxygens (including phenoxy) is 3. The van der Waals surface area contributed by atoms with Crippen molar-refractivity contribution in [1.82, 2.24) is 4.90 Å². The topological polar surface area (TPSA) is 123 Å². The van der Waals surface area contributed by atoms with Gasteiger partial charge in [-0.05, 0) is 27.8 Å². The summed E-state index contributed by atoms with van der Waals surface area (Å²) in [5, 5.41) is 3.38. The summed E-state index contributed by atoms with van der Waals surface area (Å²) in [6.45, 7) is 3.16. The molecule has 0 saturated heterocycles. The van der Waals surface area contributed by atoms with Crippen molar-refractivity contribution in [2.24, 2.45) is 10.8 Å². The number of carbonyl (C=O) groups excluding carboxylic acids is 1. The number of azide groups is 1. The number of nitrogens with two attached hydrogens (primary N) is 1. The predicted molar refractivity (Wildman–Crippen MR) is 121 cm³/mol. The molecule has 32 heavy (non-hydrogen) atoms. The Balaban J connectivity index is 1.46. The minimum absolute atomic E-state index is 0.0184. The van der Waals surface area contributed by atoms with Crippen molar-refractivity contribution < 1.29 is 19.0 Å². The highest BCUT2D eigenvalue weighted by atomic mass is 16.6. The van der Waals surface area contributed by atoms with Crippen LogP contribution in [0.1, 0.15) is 17.0 Å². The monoisotopic (exact) mass is 439 g/mol. The number of nitrogens with zero attached hydrogens (tertiary/aromatic N) is 4. The van der Waals surface area contributed by atoms with Crippen LogP contribution in [0.3, 0.4) is 0 Å². The first kappa shape index (κ1) is 23.6. The van der Waals surface area contributed by atoms with Crippen molar-refractivity contribution in [3.63, 3.8) is 0 Å². The van der Waals surface area contributed by atoms with Gasteiger partial charge < -0.3 is 24.8 Å². The zero-order valence-corrected chi connectivity index (χ0v) is 18.1. The molecule has 9 heteroatoms. The summed E-state index contributed by atoms with van der Waals surface area (Å²) in [6.07, 6.45) is -0.397. The number of amides is 1. The van der Waals surface area contributed by atoms with Crippen molar-refractivity contribution in [3.05, 3.63) is 70.1 Å². The number of fused-ring (bicyclic) bond motifs is 3. The molecule has 9 nitrogen and oxygen atoms in total. The third-order valence-corrected chi connectivity index (χ3v) is 5.27. The fourth-order valence-corrected chi connectivity index (χ4v) is 3.78. The van der Waals surface area contributed by atoms with Crippen molar-refractivity contribution in [1.29, 1.82) is 0 Å². The second-order valence-electron chi connectivity index (χ2n) is 7.26. The standard InChI is InChI=1S/C23H29N5O4/c24-9-11-28(12-14-31-16-15-30-13-10-26-27-25)23(29)32-17-22-20-7-3-1-5-18(20)19-6-2-4-8-21(19)22/h1-8,22H,9-17,24H2. The summed E-state index contributed by atoms with van der Waals surface area (Å²) in [5.41, 5.74) is 18.6. The van der Waals surface area contributed by atoms with Gasteiger partial charge in [0.25, 0.3) is 0 Å². The number of hydrogen-bond acceptors (Lipinski definition) is 6. The first-order chi connectivity index (χ1) is 15.8. The van der Waals surface area contributed by atoms with E-state index in [4.69, 9.17) is 25.5 Å². The molecule has 1 amide bonds. The van der Waals surface area contributed by atoms with Crippen LogP contribution in [0.4, 0.5) is 4.79 Å². The van der Waals surface area contributed by atoms with Crippen LogP contribution < -0.4 is 5.73 Å². The van der Waals surface area contributed by atoms with Crippen molar-refractivity contribution >= 4 is 6.09 Å². The molecule has 0 aromatic heterocycles. The minimum Gasteiger partial charge on any atom is -0.448 e. The fraction of sp³-hybridized carbons (Fsp3) is 0.435. The molecule has 0 fully saturated rings. The van der Waals surface area contributed by atoms with Crippen LogP contribution in [0.2, 0.25) is 0 Å². The third-order valence-electron chi connectivity index (χ3n) is 5.27. The van der Waals surface area contributed by atoms with E-state index < -0.39 is 6.09 Å². The van der Waals surface area contributed by atoms with Crippen molar-refractivity contribution in [2.75, 3.05) is 59.2 Å². The molecule has 1 aliphatic rings. The lowest BCUT2D eigenvalue weighted by molar-refractivity contribution is 0.0377. The number of hydrogen-bond donors (Lipinski definition) is 1. The summed E-state index contributed by atoms with van der Waals surface area (Å²) < 4.78 is 16.5. The van der Waals surface area contributed by atoms with Gasteiger partial charge in [-0.1, -0.05) is 53.6 Å². The summed E-state index contributed by atoms with van der Waals surface area (Å²) >= 11 is 0. The van der Waals surface area contributed by atoms with Crippen LogP contribution >= 0.6 is 0 Å². The van der Waals surface area contributed by atoms with Crippen molar-refractivity contribution in [2.45, 2.75) is 5.92 Å². The molecule has 0 radical (unpaired) electrons. The third kappa shape index (κ3) is 6.21. The Hall–Kier alpha value is -3.10. The van der Waals surface area contributed by atoms with Gasteiger partial charge in [-0.3, -0.25) is 0 Å². The number of carbonyl (C=O) groups is 1. The van der Waals surface area contributed by atoms with Crippen molar-refractivity contribution in [3.8, 4) is 11.1 Å². The molecule has 2 aromatic rings. The Labute approximate surface area is 187 Å². The Morgan fingerprint density at radius 3 is 2.22 bits per heavy atom. The molecule has 2 N–H and O–H groups in total. The molecular weight excluding hydrogens is 410 g/mol. The van der Waals surface area contributed by atoms with Crippen LogP contribution in [-0.2, 0) is 14.2 Å². The zero-order valence-electron chi connectivity index (χ0n) is 18.1. The Bertz CT molecular complexity index is 887. The first-order valence-corrected chi connectivity index (χ1v) is 10.7. The van der Waals surface area contributed by atoms with Gasteiger partial charge >= 0.3 is 6.09 Å². The predicted octanol–water partition coefficient (Wildman–Crippen LogP) is 3.54. The van der Waals surface area contributed by atoms with E-state index in [-0.39, 0.29) is 12.5 Å². The lowest BCUT2D eigenvalue weighted by Gasteiger charge is -2.23. The van der Waals surface area contributed by atoms with E-state index in [1.165, 1.54) is 22.3 Å². The number of rotatable bonds is 13. The van der Waals surface area contributed by atoms with Crippen LogP contribution in [0.25, 0.3) is 21.6 Å². The van der Waals surface area contributed by atoms with E-state index in [1.54, 1.807) is 4.90 Å². The average Bonchev–Trinajstić information content (AvgIpc) is 3.14. The molecule has 0 atom stereocenters. The average molecular weight is 440 g/mol. The lowest BCUT2D eigenvalue weighted by atomic mass is 9.98. The highest BCUT2D eigenvalue weighted by Crippen LogP contribution is 2.44. The van der Waals surface area contributed by atoms with Gasteiger partial charge in [0, 0.05) is 37.0 Å². The molecule has 0 heterocycles. The van der Waals surface area contributed by atoms with Gasteiger partial charge in [-0.2, -0.15) is 0 Å². The molecule has 1 aliphatic carbocycles. The summed E-state index contributed by atoms with van der Waals surface area (Å²) in [6, 6.07) is 16.5. The van der Waals surface area contributed by atoms with E-state index in [9.17, 15) is 4.79 Å².